The van der Waals surface area contributed by atoms with Gasteiger partial charge in [0.1, 0.15) is 0 Å². The van der Waals surface area contributed by atoms with Crippen molar-refractivity contribution in [1.29, 1.82) is 0 Å². The maximum atomic E-state index is 11.8. The smallest absolute Gasteiger partial charge is 0.279 e. The number of nitrogens with one attached hydrogen (secondary N) is 2. The minimum absolute atomic E-state index is 0.332. The molecule has 0 aromatic carbocycles. The topological polar surface area (TPSA) is 70.7 Å². The van der Waals surface area contributed by atoms with E-state index in [4.69, 9.17) is 4.74 Å². The predicted molar refractivity (Wildman–Crippen MR) is 67.0 cm³/mol. The van der Waals surface area contributed by atoms with Crippen LogP contribution in [-0.4, -0.2) is 58.7 Å². The molecule has 1 aliphatic heterocycles. The van der Waals surface area contributed by atoms with Crippen LogP contribution in [0.5, 0.6) is 0 Å². The van der Waals surface area contributed by atoms with Crippen LogP contribution in [0.2, 0.25) is 0 Å². The highest BCUT2D eigenvalue weighted by atomic mass is 32.2. The maximum absolute atomic E-state index is 11.8. The molecule has 1 aliphatic rings. The minimum atomic E-state index is -3.32. The van der Waals surface area contributed by atoms with Crippen LogP contribution >= 0.6 is 0 Å². The van der Waals surface area contributed by atoms with Crippen molar-refractivity contribution in [3.05, 3.63) is 0 Å². The molecule has 0 unspecified atom stereocenters. The highest BCUT2D eigenvalue weighted by molar-refractivity contribution is 7.87. The Morgan fingerprint density at radius 2 is 2.00 bits per heavy atom. The fourth-order valence-electron chi connectivity index (χ4n) is 1.54. The lowest BCUT2D eigenvalue weighted by atomic mass is 10.2. The van der Waals surface area contributed by atoms with Crippen LogP contribution in [0.4, 0.5) is 0 Å². The molecule has 1 saturated heterocycles. The summed E-state index contributed by atoms with van der Waals surface area (Å²) in [4.78, 5) is 0. The van der Waals surface area contributed by atoms with Gasteiger partial charge in [-0.3, -0.25) is 0 Å². The predicted octanol–water partition coefficient (Wildman–Crippen LogP) is -0.601. The maximum Gasteiger partial charge on any atom is 0.279 e. The van der Waals surface area contributed by atoms with E-state index in [1.54, 1.807) is 0 Å². The first-order valence-corrected chi connectivity index (χ1v) is 7.49. The highest BCUT2D eigenvalue weighted by Gasteiger charge is 2.22. The number of hydrogen-bond donors (Lipinski definition) is 2. The van der Waals surface area contributed by atoms with E-state index in [1.165, 1.54) is 4.31 Å². The lowest BCUT2D eigenvalue weighted by molar-refractivity contribution is 0.114. The lowest BCUT2D eigenvalue weighted by Gasteiger charge is -2.26. The molecule has 0 atom stereocenters. The van der Waals surface area contributed by atoms with Gasteiger partial charge in [-0.2, -0.15) is 17.4 Å². The summed E-state index contributed by atoms with van der Waals surface area (Å²) in [5.74, 6) is 0.472. The minimum Gasteiger partial charge on any atom is -0.380 e. The van der Waals surface area contributed by atoms with Gasteiger partial charge in [0.2, 0.25) is 0 Å². The molecular formula is C10H23N3O3S. The molecule has 1 fully saturated rings. The van der Waals surface area contributed by atoms with Crippen LogP contribution in [0.3, 0.4) is 0 Å². The molecular weight excluding hydrogens is 242 g/mol. The summed E-state index contributed by atoms with van der Waals surface area (Å²) in [6, 6.07) is 0. The summed E-state index contributed by atoms with van der Waals surface area (Å²) in [7, 11) is -3.32. The Morgan fingerprint density at radius 3 is 2.59 bits per heavy atom. The van der Waals surface area contributed by atoms with Crippen LogP contribution < -0.4 is 10.0 Å². The molecule has 0 bridgehead atoms. The lowest BCUT2D eigenvalue weighted by Crippen LogP contribution is -2.50. The molecule has 0 spiro atoms. The van der Waals surface area contributed by atoms with Crippen molar-refractivity contribution in [2.24, 2.45) is 5.92 Å². The second kappa shape index (κ2) is 7.27. The Bertz CT molecular complexity index is 300. The van der Waals surface area contributed by atoms with Crippen LogP contribution in [0, 0.1) is 5.92 Å². The van der Waals surface area contributed by atoms with Crippen molar-refractivity contribution in [3.8, 4) is 0 Å². The standard InChI is InChI=1S/C10H23N3O3S/c1-10(2)9-16-8-5-12-17(14,15)13-6-3-11-4-7-13/h10-12H,3-9H2,1-2H3. The summed E-state index contributed by atoms with van der Waals surface area (Å²) >= 11 is 0. The fourth-order valence-corrected chi connectivity index (χ4v) is 2.72. The van der Waals surface area contributed by atoms with Gasteiger partial charge in [0, 0.05) is 39.3 Å². The fraction of sp³-hybridized carbons (Fsp3) is 1.00. The van der Waals surface area contributed by atoms with Gasteiger partial charge in [-0.1, -0.05) is 13.8 Å². The number of nitrogens with zero attached hydrogens (tertiary/aromatic N) is 1. The highest BCUT2D eigenvalue weighted by Crippen LogP contribution is 1.99. The second-order valence-electron chi connectivity index (χ2n) is 4.52. The number of piperazine rings is 1. The zero-order valence-electron chi connectivity index (χ0n) is 10.6. The van der Waals surface area contributed by atoms with E-state index in [2.05, 4.69) is 23.9 Å². The van der Waals surface area contributed by atoms with E-state index in [1.807, 2.05) is 0 Å². The summed E-state index contributed by atoms with van der Waals surface area (Å²) in [5, 5.41) is 3.12. The van der Waals surface area contributed by atoms with Crippen molar-refractivity contribution in [3.63, 3.8) is 0 Å². The molecule has 0 amide bonds. The summed E-state index contributed by atoms with van der Waals surface area (Å²) in [5.41, 5.74) is 0. The molecule has 1 heterocycles. The quantitative estimate of drug-likeness (QED) is 0.603. The van der Waals surface area contributed by atoms with Crippen molar-refractivity contribution in [1.82, 2.24) is 14.3 Å². The first-order valence-electron chi connectivity index (χ1n) is 6.05. The monoisotopic (exact) mass is 265 g/mol. The van der Waals surface area contributed by atoms with Crippen molar-refractivity contribution in [2.75, 3.05) is 45.9 Å². The SMILES string of the molecule is CC(C)COCCNS(=O)(=O)N1CCNCC1. The van der Waals surface area contributed by atoms with Crippen molar-refractivity contribution in [2.45, 2.75) is 13.8 Å². The van der Waals surface area contributed by atoms with E-state index in [-0.39, 0.29) is 0 Å². The normalized spacial score (nSPS) is 18.8. The van der Waals surface area contributed by atoms with E-state index in [9.17, 15) is 8.42 Å². The molecule has 17 heavy (non-hydrogen) atoms. The Morgan fingerprint density at radius 1 is 1.35 bits per heavy atom. The van der Waals surface area contributed by atoms with Gasteiger partial charge in [0.25, 0.3) is 10.2 Å². The van der Waals surface area contributed by atoms with E-state index < -0.39 is 10.2 Å². The largest absolute Gasteiger partial charge is 0.380 e. The summed E-state index contributed by atoms with van der Waals surface area (Å²) in [6.07, 6.45) is 0. The molecule has 0 aromatic heterocycles. The first-order chi connectivity index (χ1) is 8.02. The number of rotatable bonds is 7. The van der Waals surface area contributed by atoms with E-state index in [0.29, 0.717) is 51.9 Å². The molecule has 0 radical (unpaired) electrons. The second-order valence-corrected chi connectivity index (χ2v) is 6.27. The van der Waals surface area contributed by atoms with Crippen LogP contribution in [0.1, 0.15) is 13.8 Å². The van der Waals surface area contributed by atoms with Crippen LogP contribution in [0.25, 0.3) is 0 Å². The molecule has 1 rings (SSSR count). The first kappa shape index (κ1) is 14.8. The van der Waals surface area contributed by atoms with Crippen LogP contribution in [-0.2, 0) is 14.9 Å². The molecule has 0 aliphatic carbocycles. The van der Waals surface area contributed by atoms with Crippen LogP contribution in [0.15, 0.2) is 0 Å². The van der Waals surface area contributed by atoms with Gasteiger partial charge in [-0.15, -0.1) is 0 Å². The third-order valence-electron chi connectivity index (χ3n) is 2.40. The van der Waals surface area contributed by atoms with Gasteiger partial charge in [0.15, 0.2) is 0 Å². The molecule has 0 aromatic rings. The third kappa shape index (κ3) is 5.78. The van der Waals surface area contributed by atoms with E-state index in [0.717, 1.165) is 0 Å². The summed E-state index contributed by atoms with van der Waals surface area (Å²) in [6.45, 7) is 8.02. The van der Waals surface area contributed by atoms with Crippen molar-refractivity contribution >= 4 is 10.2 Å². The van der Waals surface area contributed by atoms with Gasteiger partial charge in [-0.05, 0) is 5.92 Å². The Labute approximate surface area is 104 Å². The molecule has 2 N–H and O–H groups in total. The molecule has 7 heteroatoms. The van der Waals surface area contributed by atoms with Gasteiger partial charge < -0.3 is 10.1 Å². The average molecular weight is 265 g/mol. The van der Waals surface area contributed by atoms with Gasteiger partial charge >= 0.3 is 0 Å². The Kier molecular flexibility index (Phi) is 6.35. The summed E-state index contributed by atoms with van der Waals surface area (Å²) < 4.78 is 33.0. The van der Waals surface area contributed by atoms with E-state index >= 15 is 0 Å². The Balaban J connectivity index is 2.20. The molecule has 0 saturated carbocycles. The molecule has 6 nitrogen and oxygen atoms in total. The Hall–Kier alpha value is -0.210. The van der Waals surface area contributed by atoms with Gasteiger partial charge in [0.05, 0.1) is 6.61 Å². The number of ether oxygens (including phenoxy) is 1. The zero-order chi connectivity index (χ0) is 12.7. The van der Waals surface area contributed by atoms with Gasteiger partial charge in [-0.25, -0.2) is 0 Å². The molecule has 102 valence electrons. The number of hydrogen-bond acceptors (Lipinski definition) is 4. The third-order valence-corrected chi connectivity index (χ3v) is 4.01. The average Bonchev–Trinajstić information content (AvgIpc) is 2.29. The van der Waals surface area contributed by atoms with Crippen molar-refractivity contribution < 1.29 is 13.2 Å². The zero-order valence-corrected chi connectivity index (χ0v) is 11.4.